The van der Waals surface area contributed by atoms with Gasteiger partial charge in [0.15, 0.2) is 5.69 Å². The molecule has 2 aromatic heterocycles. The summed E-state index contributed by atoms with van der Waals surface area (Å²) >= 11 is 0. The third kappa shape index (κ3) is 2.48. The summed E-state index contributed by atoms with van der Waals surface area (Å²) in [7, 11) is 3.15. The quantitative estimate of drug-likeness (QED) is 0.670. The van der Waals surface area contributed by atoms with Gasteiger partial charge in [-0.2, -0.15) is 0 Å². The molecular weight excluding hydrogens is 262 g/mol. The van der Waals surface area contributed by atoms with Crippen molar-refractivity contribution in [3.05, 3.63) is 34.1 Å². The molecule has 2 aromatic rings. The highest BCUT2D eigenvalue weighted by atomic mass is 16.6. The molecular formula is C12H13N5O3. The summed E-state index contributed by atoms with van der Waals surface area (Å²) in [6.07, 6.45) is 1.48. The number of aryl methyl sites for hydroxylation is 1. The molecule has 0 spiro atoms. The van der Waals surface area contributed by atoms with Gasteiger partial charge in [0.1, 0.15) is 5.69 Å². The number of aromatic nitrogens is 3. The Balaban J connectivity index is 2.63. The molecule has 0 aliphatic carbocycles. The van der Waals surface area contributed by atoms with Gasteiger partial charge in [0.25, 0.3) is 0 Å². The van der Waals surface area contributed by atoms with Crippen LogP contribution in [-0.2, 0) is 0 Å². The van der Waals surface area contributed by atoms with E-state index < -0.39 is 4.92 Å². The highest BCUT2D eigenvalue weighted by Gasteiger charge is 2.23. The first-order valence-corrected chi connectivity index (χ1v) is 5.78. The normalized spacial score (nSPS) is 10.2. The minimum absolute atomic E-state index is 0.129. The molecule has 104 valence electrons. The number of hydrogen-bond acceptors (Lipinski definition) is 7. The van der Waals surface area contributed by atoms with Crippen molar-refractivity contribution < 1.29 is 9.66 Å². The van der Waals surface area contributed by atoms with Gasteiger partial charge < -0.3 is 10.1 Å². The number of anilines is 1. The van der Waals surface area contributed by atoms with Crippen LogP contribution in [-0.4, -0.2) is 34.0 Å². The second-order valence-electron chi connectivity index (χ2n) is 3.93. The van der Waals surface area contributed by atoms with Crippen molar-refractivity contribution in [1.82, 2.24) is 15.0 Å². The van der Waals surface area contributed by atoms with Crippen molar-refractivity contribution in [3.8, 4) is 17.1 Å². The van der Waals surface area contributed by atoms with E-state index in [1.807, 2.05) is 0 Å². The van der Waals surface area contributed by atoms with Crippen LogP contribution in [0, 0.1) is 17.0 Å². The topological polar surface area (TPSA) is 103 Å². The predicted octanol–water partition coefficient (Wildman–Crippen LogP) is 1.81. The number of ether oxygens (including phenoxy) is 1. The molecule has 8 heteroatoms. The average molecular weight is 275 g/mol. The fourth-order valence-electron chi connectivity index (χ4n) is 1.74. The van der Waals surface area contributed by atoms with Crippen LogP contribution in [0.1, 0.15) is 5.69 Å². The maximum Gasteiger partial charge on any atom is 0.316 e. The zero-order valence-corrected chi connectivity index (χ0v) is 11.2. The third-order valence-electron chi connectivity index (χ3n) is 2.68. The van der Waals surface area contributed by atoms with E-state index in [-0.39, 0.29) is 11.4 Å². The maximum absolute atomic E-state index is 11.2. The standard InChI is InChI=1S/C12H13N5O3/c1-7-11(17(18)19)10(16-12(13-2)15-7)8-4-5-9(20-3)14-6-8/h4-6H,1-3H3,(H,13,15,16). The second kappa shape index (κ2) is 5.47. The SMILES string of the molecule is CNc1nc(C)c([N+](=O)[O-])c(-c2ccc(OC)nc2)n1. The molecule has 0 bridgehead atoms. The Morgan fingerprint density at radius 2 is 2.10 bits per heavy atom. The van der Waals surface area contributed by atoms with E-state index in [2.05, 4.69) is 20.3 Å². The summed E-state index contributed by atoms with van der Waals surface area (Å²) in [5, 5.41) is 14.0. The van der Waals surface area contributed by atoms with Gasteiger partial charge in [0.2, 0.25) is 11.8 Å². The summed E-state index contributed by atoms with van der Waals surface area (Å²) in [5.74, 6) is 0.745. The molecule has 0 saturated heterocycles. The minimum atomic E-state index is -0.492. The van der Waals surface area contributed by atoms with Crippen molar-refractivity contribution in [2.24, 2.45) is 0 Å². The number of nitrogens with zero attached hydrogens (tertiary/aromatic N) is 4. The van der Waals surface area contributed by atoms with Gasteiger partial charge in [-0.15, -0.1) is 0 Å². The highest BCUT2D eigenvalue weighted by molar-refractivity contribution is 5.71. The van der Waals surface area contributed by atoms with Crippen molar-refractivity contribution >= 4 is 11.6 Å². The van der Waals surface area contributed by atoms with E-state index in [0.717, 1.165) is 0 Å². The second-order valence-corrected chi connectivity index (χ2v) is 3.93. The zero-order chi connectivity index (χ0) is 14.7. The van der Waals surface area contributed by atoms with Gasteiger partial charge in [-0.1, -0.05) is 0 Å². The molecule has 0 atom stereocenters. The summed E-state index contributed by atoms with van der Waals surface area (Å²) in [4.78, 5) is 22.9. The number of pyridine rings is 1. The maximum atomic E-state index is 11.2. The minimum Gasteiger partial charge on any atom is -0.481 e. The molecule has 0 aliphatic heterocycles. The lowest BCUT2D eigenvalue weighted by atomic mass is 10.1. The average Bonchev–Trinajstić information content (AvgIpc) is 2.46. The Kier molecular flexibility index (Phi) is 3.74. The van der Waals surface area contributed by atoms with Crippen LogP contribution in [0.3, 0.4) is 0 Å². The number of hydrogen-bond donors (Lipinski definition) is 1. The molecule has 0 aliphatic rings. The van der Waals surface area contributed by atoms with E-state index in [9.17, 15) is 10.1 Å². The van der Waals surface area contributed by atoms with Gasteiger partial charge in [-0.25, -0.2) is 15.0 Å². The summed E-state index contributed by atoms with van der Waals surface area (Å²) in [6, 6.07) is 3.29. The molecule has 20 heavy (non-hydrogen) atoms. The van der Waals surface area contributed by atoms with E-state index >= 15 is 0 Å². The molecule has 2 heterocycles. The van der Waals surface area contributed by atoms with Crippen LogP contribution < -0.4 is 10.1 Å². The molecule has 0 unspecified atom stereocenters. The van der Waals surface area contributed by atoms with Gasteiger partial charge in [0, 0.05) is 24.9 Å². The predicted molar refractivity (Wildman–Crippen MR) is 72.8 cm³/mol. The molecule has 1 N–H and O–H groups in total. The first-order chi connectivity index (χ1) is 9.56. The molecule has 0 saturated carbocycles. The molecule has 0 fully saturated rings. The molecule has 0 radical (unpaired) electrons. The largest absolute Gasteiger partial charge is 0.481 e. The smallest absolute Gasteiger partial charge is 0.316 e. The third-order valence-corrected chi connectivity index (χ3v) is 2.68. The van der Waals surface area contributed by atoms with Gasteiger partial charge in [-0.05, 0) is 13.0 Å². The van der Waals surface area contributed by atoms with Crippen LogP contribution in [0.25, 0.3) is 11.3 Å². The van der Waals surface area contributed by atoms with Crippen molar-refractivity contribution in [2.75, 3.05) is 19.5 Å². The fraction of sp³-hybridized carbons (Fsp3) is 0.250. The van der Waals surface area contributed by atoms with E-state index in [1.165, 1.54) is 13.3 Å². The van der Waals surface area contributed by atoms with Crippen LogP contribution in [0.5, 0.6) is 5.88 Å². The lowest BCUT2D eigenvalue weighted by Crippen LogP contribution is -2.05. The Hall–Kier alpha value is -2.77. The Labute approximate surface area is 115 Å². The first-order valence-electron chi connectivity index (χ1n) is 5.78. The zero-order valence-electron chi connectivity index (χ0n) is 11.2. The summed E-state index contributed by atoms with van der Waals surface area (Å²) in [6.45, 7) is 1.57. The number of methoxy groups -OCH3 is 1. The van der Waals surface area contributed by atoms with E-state index in [4.69, 9.17) is 4.74 Å². The summed E-state index contributed by atoms with van der Waals surface area (Å²) < 4.78 is 4.96. The lowest BCUT2D eigenvalue weighted by molar-refractivity contribution is -0.385. The molecule has 0 aromatic carbocycles. The van der Waals surface area contributed by atoms with Gasteiger partial charge in [0.05, 0.1) is 12.0 Å². The van der Waals surface area contributed by atoms with Gasteiger partial charge >= 0.3 is 5.69 Å². The van der Waals surface area contributed by atoms with Crippen LogP contribution >= 0.6 is 0 Å². The monoisotopic (exact) mass is 275 g/mol. The van der Waals surface area contributed by atoms with Crippen LogP contribution in [0.15, 0.2) is 18.3 Å². The first kappa shape index (κ1) is 13.7. The summed E-state index contributed by atoms with van der Waals surface area (Å²) in [5.41, 5.74) is 0.914. The molecule has 8 nitrogen and oxygen atoms in total. The highest BCUT2D eigenvalue weighted by Crippen LogP contribution is 2.31. The number of rotatable bonds is 4. The fourth-order valence-corrected chi connectivity index (χ4v) is 1.74. The van der Waals surface area contributed by atoms with E-state index in [1.54, 1.807) is 26.1 Å². The van der Waals surface area contributed by atoms with Crippen molar-refractivity contribution in [2.45, 2.75) is 6.92 Å². The van der Waals surface area contributed by atoms with E-state index in [0.29, 0.717) is 23.1 Å². The Bertz CT molecular complexity index is 642. The van der Waals surface area contributed by atoms with Crippen molar-refractivity contribution in [1.29, 1.82) is 0 Å². The Morgan fingerprint density at radius 1 is 1.35 bits per heavy atom. The molecule has 2 rings (SSSR count). The lowest BCUT2D eigenvalue weighted by Gasteiger charge is -2.07. The van der Waals surface area contributed by atoms with Gasteiger partial charge in [-0.3, -0.25) is 10.1 Å². The van der Waals surface area contributed by atoms with Crippen molar-refractivity contribution in [3.63, 3.8) is 0 Å². The molecule has 0 amide bonds. The Morgan fingerprint density at radius 3 is 2.60 bits per heavy atom. The van der Waals surface area contributed by atoms with Crippen LogP contribution in [0.2, 0.25) is 0 Å². The van der Waals surface area contributed by atoms with Crippen LogP contribution in [0.4, 0.5) is 11.6 Å². The number of nitrogens with one attached hydrogen (secondary N) is 1. The number of nitro groups is 1.